The van der Waals surface area contributed by atoms with Crippen LogP contribution in [0.15, 0.2) is 18.2 Å². The van der Waals surface area contributed by atoms with Crippen LogP contribution in [0.3, 0.4) is 0 Å². The second kappa shape index (κ2) is 9.22. The number of hydrogen-bond acceptors (Lipinski definition) is 2. The molecule has 0 heterocycles. The maximum Gasteiger partial charge on any atom is 0.0449 e. The summed E-state index contributed by atoms with van der Waals surface area (Å²) in [6.45, 7) is 16.8. The van der Waals surface area contributed by atoms with Crippen LogP contribution in [-0.2, 0) is 0 Å². The molecule has 0 aromatic heterocycles. The summed E-state index contributed by atoms with van der Waals surface area (Å²) in [5.74, 6) is 0. The van der Waals surface area contributed by atoms with Crippen molar-refractivity contribution in [2.24, 2.45) is 0 Å². The van der Waals surface area contributed by atoms with Gasteiger partial charge in [-0.25, -0.2) is 0 Å². The Kier molecular flexibility index (Phi) is 7.98. The van der Waals surface area contributed by atoms with Crippen molar-refractivity contribution in [2.75, 3.05) is 19.6 Å². The predicted molar refractivity (Wildman–Crippen MR) is 94.0 cm³/mol. The molecule has 0 aliphatic heterocycles. The molecule has 0 spiro atoms. The van der Waals surface area contributed by atoms with Gasteiger partial charge in [0.15, 0.2) is 0 Å². The second-order valence-corrected chi connectivity index (χ2v) is 6.44. The third-order valence-electron chi connectivity index (χ3n) is 4.23. The molecule has 2 nitrogen and oxygen atoms in total. The minimum atomic E-state index is 0.429. The summed E-state index contributed by atoms with van der Waals surface area (Å²) in [4.78, 5) is 2.59. The lowest BCUT2D eigenvalue weighted by atomic mass is 10.00. The molecule has 1 atom stereocenters. The summed E-state index contributed by atoms with van der Waals surface area (Å²) < 4.78 is 0. The lowest BCUT2D eigenvalue weighted by Crippen LogP contribution is -2.39. The van der Waals surface area contributed by atoms with E-state index < -0.39 is 0 Å². The van der Waals surface area contributed by atoms with E-state index in [1.807, 2.05) is 0 Å². The van der Waals surface area contributed by atoms with Crippen LogP contribution in [0.4, 0.5) is 0 Å². The number of aryl methyl sites for hydroxylation is 2. The van der Waals surface area contributed by atoms with E-state index in [4.69, 9.17) is 0 Å². The minimum Gasteiger partial charge on any atom is -0.309 e. The van der Waals surface area contributed by atoms with E-state index in [2.05, 4.69) is 70.0 Å². The van der Waals surface area contributed by atoms with E-state index in [0.717, 1.165) is 13.1 Å². The summed E-state index contributed by atoms with van der Waals surface area (Å²) in [6.07, 6.45) is 2.39. The minimum absolute atomic E-state index is 0.429. The summed E-state index contributed by atoms with van der Waals surface area (Å²) in [7, 11) is 0. The topological polar surface area (TPSA) is 15.3 Å². The van der Waals surface area contributed by atoms with E-state index in [9.17, 15) is 0 Å². The first-order valence-electron chi connectivity index (χ1n) is 8.54. The Balaban J connectivity index is 2.90. The van der Waals surface area contributed by atoms with Crippen LogP contribution in [0, 0.1) is 13.8 Å². The van der Waals surface area contributed by atoms with E-state index in [0.29, 0.717) is 12.1 Å². The van der Waals surface area contributed by atoms with Gasteiger partial charge in [0.2, 0.25) is 0 Å². The van der Waals surface area contributed by atoms with Crippen molar-refractivity contribution in [2.45, 2.75) is 66.5 Å². The van der Waals surface area contributed by atoms with Crippen molar-refractivity contribution in [1.82, 2.24) is 10.2 Å². The molecule has 0 amide bonds. The van der Waals surface area contributed by atoms with Gasteiger partial charge >= 0.3 is 0 Å². The number of benzene rings is 1. The maximum atomic E-state index is 3.73. The van der Waals surface area contributed by atoms with Crippen LogP contribution in [-0.4, -0.2) is 30.6 Å². The fraction of sp³-hybridized carbons (Fsp3) is 0.684. The molecule has 1 aromatic carbocycles. The van der Waals surface area contributed by atoms with Gasteiger partial charge in [0.25, 0.3) is 0 Å². The van der Waals surface area contributed by atoms with Gasteiger partial charge < -0.3 is 5.32 Å². The van der Waals surface area contributed by atoms with Gasteiger partial charge in [-0.2, -0.15) is 0 Å². The number of hydrogen-bond donors (Lipinski definition) is 1. The van der Waals surface area contributed by atoms with Gasteiger partial charge in [0, 0.05) is 18.6 Å². The monoisotopic (exact) mass is 290 g/mol. The SMILES string of the molecule is CCCNC(CN(CCC)C(C)C)c1ccc(C)c(C)c1. The molecule has 0 saturated carbocycles. The van der Waals surface area contributed by atoms with Crippen LogP contribution in [0.5, 0.6) is 0 Å². The van der Waals surface area contributed by atoms with Crippen LogP contribution >= 0.6 is 0 Å². The van der Waals surface area contributed by atoms with Gasteiger partial charge in [-0.1, -0.05) is 32.0 Å². The zero-order chi connectivity index (χ0) is 15.8. The predicted octanol–water partition coefficient (Wildman–Crippen LogP) is 4.46. The first kappa shape index (κ1) is 18.2. The highest BCUT2D eigenvalue weighted by Crippen LogP contribution is 2.19. The Hall–Kier alpha value is -0.860. The highest BCUT2D eigenvalue weighted by molar-refractivity contribution is 5.32. The van der Waals surface area contributed by atoms with Crippen molar-refractivity contribution in [3.63, 3.8) is 0 Å². The Morgan fingerprint density at radius 3 is 2.29 bits per heavy atom. The highest BCUT2D eigenvalue weighted by Gasteiger charge is 2.17. The smallest absolute Gasteiger partial charge is 0.0449 e. The fourth-order valence-corrected chi connectivity index (χ4v) is 2.67. The third kappa shape index (κ3) is 5.80. The molecule has 120 valence electrons. The second-order valence-electron chi connectivity index (χ2n) is 6.44. The van der Waals surface area contributed by atoms with Gasteiger partial charge in [-0.15, -0.1) is 0 Å². The summed E-state index contributed by atoms with van der Waals surface area (Å²) >= 11 is 0. The standard InChI is InChI=1S/C19H34N2/c1-7-11-20-19(14-21(12-8-2)15(3)4)18-10-9-16(5)17(6)13-18/h9-10,13,15,19-20H,7-8,11-12,14H2,1-6H3. The average molecular weight is 290 g/mol. The highest BCUT2D eigenvalue weighted by atomic mass is 15.2. The van der Waals surface area contributed by atoms with Crippen LogP contribution in [0.1, 0.15) is 63.3 Å². The van der Waals surface area contributed by atoms with Gasteiger partial charge in [-0.3, -0.25) is 4.90 Å². The third-order valence-corrected chi connectivity index (χ3v) is 4.23. The summed E-state index contributed by atoms with van der Waals surface area (Å²) in [5, 5.41) is 3.73. The largest absolute Gasteiger partial charge is 0.309 e. The first-order chi connectivity index (χ1) is 9.99. The number of nitrogens with zero attached hydrogens (tertiary/aromatic N) is 1. The van der Waals surface area contributed by atoms with Crippen molar-refractivity contribution in [3.8, 4) is 0 Å². The molecule has 0 saturated heterocycles. The number of nitrogens with one attached hydrogen (secondary N) is 1. The first-order valence-corrected chi connectivity index (χ1v) is 8.54. The number of rotatable bonds is 9. The zero-order valence-corrected chi connectivity index (χ0v) is 14.9. The van der Waals surface area contributed by atoms with Crippen LogP contribution < -0.4 is 5.32 Å². The lowest BCUT2D eigenvalue weighted by Gasteiger charge is -2.31. The zero-order valence-electron chi connectivity index (χ0n) is 14.9. The molecule has 21 heavy (non-hydrogen) atoms. The molecule has 1 rings (SSSR count). The molecule has 2 heteroatoms. The molecular formula is C19H34N2. The van der Waals surface area contributed by atoms with E-state index in [1.165, 1.54) is 36.1 Å². The molecule has 0 fully saturated rings. The Morgan fingerprint density at radius 2 is 1.76 bits per heavy atom. The van der Waals surface area contributed by atoms with Crippen molar-refractivity contribution < 1.29 is 0 Å². The Morgan fingerprint density at radius 1 is 1.05 bits per heavy atom. The van der Waals surface area contributed by atoms with Crippen molar-refractivity contribution in [3.05, 3.63) is 34.9 Å². The molecule has 1 N–H and O–H groups in total. The molecular weight excluding hydrogens is 256 g/mol. The van der Waals surface area contributed by atoms with Crippen LogP contribution in [0.25, 0.3) is 0 Å². The summed E-state index contributed by atoms with van der Waals surface area (Å²) in [5.41, 5.74) is 4.19. The van der Waals surface area contributed by atoms with Gasteiger partial charge in [0.1, 0.15) is 0 Å². The van der Waals surface area contributed by atoms with E-state index in [1.54, 1.807) is 0 Å². The van der Waals surface area contributed by atoms with E-state index in [-0.39, 0.29) is 0 Å². The summed E-state index contributed by atoms with van der Waals surface area (Å²) in [6, 6.07) is 7.93. The van der Waals surface area contributed by atoms with E-state index >= 15 is 0 Å². The molecule has 1 unspecified atom stereocenters. The molecule has 0 aliphatic rings. The lowest BCUT2D eigenvalue weighted by molar-refractivity contribution is 0.197. The Bertz CT molecular complexity index is 412. The van der Waals surface area contributed by atoms with Gasteiger partial charge in [0.05, 0.1) is 0 Å². The van der Waals surface area contributed by atoms with Crippen molar-refractivity contribution in [1.29, 1.82) is 0 Å². The maximum absolute atomic E-state index is 3.73. The quantitative estimate of drug-likeness (QED) is 0.722. The normalized spacial score (nSPS) is 13.1. The van der Waals surface area contributed by atoms with Crippen LogP contribution in [0.2, 0.25) is 0 Å². The molecule has 0 aliphatic carbocycles. The molecule has 0 radical (unpaired) electrons. The Labute approximate surface area is 131 Å². The molecule has 0 bridgehead atoms. The molecule has 1 aromatic rings. The van der Waals surface area contributed by atoms with Gasteiger partial charge in [-0.05, 0) is 70.3 Å². The fourth-order valence-electron chi connectivity index (χ4n) is 2.67. The van der Waals surface area contributed by atoms with Crippen molar-refractivity contribution >= 4 is 0 Å². The average Bonchev–Trinajstić information content (AvgIpc) is 2.45.